The summed E-state index contributed by atoms with van der Waals surface area (Å²) in [4.78, 5) is 13.1. The first kappa shape index (κ1) is 64.2. The van der Waals surface area contributed by atoms with Crippen LogP contribution in [0, 0.1) is 0 Å². The third-order valence-corrected chi connectivity index (χ3v) is 13.7. The number of carbonyl (C=O) groups excluding carboxylic acids is 1. The molecule has 1 fully saturated rings. The van der Waals surface area contributed by atoms with E-state index in [1.807, 2.05) is 0 Å². The first-order valence-corrected chi connectivity index (χ1v) is 28.8. The number of hydrogen-bond acceptors (Lipinski definition) is 8. The highest BCUT2D eigenvalue weighted by Crippen LogP contribution is 2.23. The highest BCUT2D eigenvalue weighted by Gasteiger charge is 2.44. The second-order valence-electron chi connectivity index (χ2n) is 20.1. The van der Waals surface area contributed by atoms with Crippen LogP contribution in [0.5, 0.6) is 0 Å². The maximum atomic E-state index is 13.1. The van der Waals surface area contributed by atoms with Gasteiger partial charge in [0.05, 0.1) is 25.4 Å². The SMILES string of the molecule is CC/C=C\C/C=C\C/C=C\C/C=C\CCCCCCCCCCC(=O)NC(COC1OC(CO)C(O)C(O)C1O)C(O)CCCCCCCCCCCCCCCCCCCCCCCCCC. The fourth-order valence-electron chi connectivity index (χ4n) is 9.15. The van der Waals surface area contributed by atoms with Crippen molar-refractivity contribution >= 4 is 5.91 Å². The Kier molecular flexibility index (Phi) is 46.0. The summed E-state index contributed by atoms with van der Waals surface area (Å²) < 4.78 is 11.3. The lowest BCUT2D eigenvalue weighted by Crippen LogP contribution is -2.60. The molecule has 0 saturated carbocycles. The number of nitrogens with one attached hydrogen (secondary N) is 1. The summed E-state index contributed by atoms with van der Waals surface area (Å²) in [6, 6.07) is -0.726. The predicted molar refractivity (Wildman–Crippen MR) is 286 cm³/mol. The molecule has 1 saturated heterocycles. The van der Waals surface area contributed by atoms with Gasteiger partial charge < -0.3 is 40.3 Å². The molecule has 0 bridgehead atoms. The molecule has 0 radical (unpaired) electrons. The molecule has 6 N–H and O–H groups in total. The van der Waals surface area contributed by atoms with Crippen LogP contribution in [0.25, 0.3) is 0 Å². The molecule has 0 spiro atoms. The molecule has 0 aromatic rings. The fourth-order valence-corrected chi connectivity index (χ4v) is 9.15. The van der Waals surface area contributed by atoms with Crippen molar-refractivity contribution in [2.75, 3.05) is 13.2 Å². The molecule has 68 heavy (non-hydrogen) atoms. The molecule has 9 heteroatoms. The number of carbonyl (C=O) groups is 1. The van der Waals surface area contributed by atoms with Gasteiger partial charge in [0.2, 0.25) is 5.91 Å². The van der Waals surface area contributed by atoms with Gasteiger partial charge in [0, 0.05) is 6.42 Å². The van der Waals surface area contributed by atoms with E-state index < -0.39 is 49.5 Å². The molecule has 1 aliphatic rings. The van der Waals surface area contributed by atoms with Gasteiger partial charge >= 0.3 is 0 Å². The largest absolute Gasteiger partial charge is 0.394 e. The molecule has 398 valence electrons. The molecule has 7 atom stereocenters. The van der Waals surface area contributed by atoms with E-state index in [4.69, 9.17) is 9.47 Å². The zero-order valence-corrected chi connectivity index (χ0v) is 44.1. The second-order valence-corrected chi connectivity index (χ2v) is 20.1. The van der Waals surface area contributed by atoms with Gasteiger partial charge in [-0.25, -0.2) is 0 Å². The Hall–Kier alpha value is -1.85. The van der Waals surface area contributed by atoms with E-state index in [2.05, 4.69) is 67.8 Å². The Bertz CT molecular complexity index is 1210. The fraction of sp³-hybridized carbons (Fsp3) is 0.847. The minimum absolute atomic E-state index is 0.142. The third kappa shape index (κ3) is 37.9. The molecule has 1 heterocycles. The summed E-state index contributed by atoms with van der Waals surface area (Å²) in [6.07, 6.45) is 57.0. The van der Waals surface area contributed by atoms with E-state index in [-0.39, 0.29) is 12.5 Å². The lowest BCUT2D eigenvalue weighted by atomic mass is 9.99. The highest BCUT2D eigenvalue weighted by molar-refractivity contribution is 5.76. The Balaban J connectivity index is 2.21. The average Bonchev–Trinajstić information content (AvgIpc) is 3.34. The summed E-state index contributed by atoms with van der Waals surface area (Å²) in [5.74, 6) is -0.151. The molecule has 1 aliphatic heterocycles. The van der Waals surface area contributed by atoms with E-state index in [1.165, 1.54) is 167 Å². The Morgan fingerprint density at radius 2 is 0.912 bits per heavy atom. The first-order chi connectivity index (χ1) is 33.3. The van der Waals surface area contributed by atoms with Gasteiger partial charge in [0.15, 0.2) is 6.29 Å². The van der Waals surface area contributed by atoms with Crippen molar-refractivity contribution in [2.45, 2.75) is 307 Å². The summed E-state index contributed by atoms with van der Waals surface area (Å²) >= 11 is 0. The molecule has 1 rings (SSSR count). The summed E-state index contributed by atoms with van der Waals surface area (Å²) in [7, 11) is 0. The summed E-state index contributed by atoms with van der Waals surface area (Å²) in [5.41, 5.74) is 0. The van der Waals surface area contributed by atoms with Gasteiger partial charge in [-0.1, -0.05) is 255 Å². The smallest absolute Gasteiger partial charge is 0.220 e. The van der Waals surface area contributed by atoms with Crippen LogP contribution in [0.1, 0.15) is 264 Å². The van der Waals surface area contributed by atoms with Crippen molar-refractivity contribution in [3.8, 4) is 0 Å². The first-order valence-electron chi connectivity index (χ1n) is 28.8. The maximum Gasteiger partial charge on any atom is 0.220 e. The van der Waals surface area contributed by atoms with Crippen LogP contribution in [-0.2, 0) is 14.3 Å². The standard InChI is InChI=1S/C59H109NO8/c1-3-5-7-9-11-13-15-17-19-21-23-25-26-27-29-30-32-34-36-38-40-42-44-46-48-53(62)52(51-67-59-58(66)57(65)56(64)54(50-61)68-59)60-55(63)49-47-45-43-41-39-37-35-33-31-28-24-22-20-18-16-14-12-10-8-6-4-2/h6,8,12,14,18,20,24,28,52-54,56-59,61-62,64-66H,3-5,7,9-11,13,15-17,19,21-23,25-27,29-51H2,1-2H3,(H,60,63)/b8-6-,14-12-,20-18-,28-24-. The highest BCUT2D eigenvalue weighted by atomic mass is 16.7. The molecule has 1 amide bonds. The number of allylic oxidation sites excluding steroid dienone is 8. The van der Waals surface area contributed by atoms with Gasteiger partial charge in [-0.05, 0) is 51.4 Å². The lowest BCUT2D eigenvalue weighted by molar-refractivity contribution is -0.302. The molecule has 0 aromatic heterocycles. The quantitative estimate of drug-likeness (QED) is 0.0261. The Labute approximate surface area is 418 Å². The van der Waals surface area contributed by atoms with Crippen molar-refractivity contribution in [3.05, 3.63) is 48.6 Å². The van der Waals surface area contributed by atoms with Gasteiger partial charge in [0.25, 0.3) is 0 Å². The van der Waals surface area contributed by atoms with Gasteiger partial charge in [-0.3, -0.25) is 4.79 Å². The van der Waals surface area contributed by atoms with Crippen LogP contribution in [0.2, 0.25) is 0 Å². The number of amides is 1. The number of unbranched alkanes of at least 4 members (excludes halogenated alkanes) is 31. The molecule has 0 aliphatic carbocycles. The number of hydrogen-bond donors (Lipinski definition) is 6. The van der Waals surface area contributed by atoms with Crippen LogP contribution in [0.15, 0.2) is 48.6 Å². The van der Waals surface area contributed by atoms with Crippen molar-refractivity contribution in [2.24, 2.45) is 0 Å². The second kappa shape index (κ2) is 48.8. The Morgan fingerprint density at radius 3 is 1.35 bits per heavy atom. The molecular formula is C59H109NO8. The lowest BCUT2D eigenvalue weighted by Gasteiger charge is -2.40. The van der Waals surface area contributed by atoms with Crippen molar-refractivity contribution < 1.29 is 39.8 Å². The normalized spacial score (nSPS) is 19.9. The number of ether oxygens (including phenoxy) is 2. The number of rotatable bonds is 49. The molecule has 9 nitrogen and oxygen atoms in total. The van der Waals surface area contributed by atoms with Crippen LogP contribution >= 0.6 is 0 Å². The van der Waals surface area contributed by atoms with Crippen LogP contribution in [0.3, 0.4) is 0 Å². The monoisotopic (exact) mass is 960 g/mol. The van der Waals surface area contributed by atoms with Crippen LogP contribution in [-0.4, -0.2) is 87.5 Å². The van der Waals surface area contributed by atoms with E-state index >= 15 is 0 Å². The Morgan fingerprint density at radius 1 is 0.515 bits per heavy atom. The third-order valence-electron chi connectivity index (χ3n) is 13.7. The number of aliphatic hydroxyl groups is 5. The van der Waals surface area contributed by atoms with Crippen molar-refractivity contribution in [1.29, 1.82) is 0 Å². The zero-order valence-electron chi connectivity index (χ0n) is 44.1. The zero-order chi connectivity index (χ0) is 49.4. The summed E-state index contributed by atoms with van der Waals surface area (Å²) in [5, 5.41) is 54.7. The van der Waals surface area contributed by atoms with E-state index in [0.717, 1.165) is 70.6 Å². The minimum Gasteiger partial charge on any atom is -0.394 e. The predicted octanol–water partition coefficient (Wildman–Crippen LogP) is 14.1. The summed E-state index contributed by atoms with van der Waals surface area (Å²) in [6.45, 7) is 3.75. The van der Waals surface area contributed by atoms with Gasteiger partial charge in [-0.2, -0.15) is 0 Å². The minimum atomic E-state index is -1.56. The van der Waals surface area contributed by atoms with Crippen molar-refractivity contribution in [1.82, 2.24) is 5.32 Å². The van der Waals surface area contributed by atoms with E-state index in [1.54, 1.807) is 0 Å². The van der Waals surface area contributed by atoms with Crippen molar-refractivity contribution in [3.63, 3.8) is 0 Å². The molecule has 0 aromatic carbocycles. The van der Waals surface area contributed by atoms with Crippen LogP contribution < -0.4 is 5.32 Å². The van der Waals surface area contributed by atoms with Gasteiger partial charge in [-0.15, -0.1) is 0 Å². The topological polar surface area (TPSA) is 149 Å². The maximum absolute atomic E-state index is 13.1. The van der Waals surface area contributed by atoms with E-state index in [0.29, 0.717) is 12.8 Å². The molecule has 7 unspecified atom stereocenters. The van der Waals surface area contributed by atoms with E-state index in [9.17, 15) is 30.3 Å². The molecular weight excluding hydrogens is 851 g/mol. The van der Waals surface area contributed by atoms with Crippen LogP contribution in [0.4, 0.5) is 0 Å². The van der Waals surface area contributed by atoms with Gasteiger partial charge in [0.1, 0.15) is 24.4 Å². The average molecular weight is 961 g/mol. The number of aliphatic hydroxyl groups excluding tert-OH is 5.